The van der Waals surface area contributed by atoms with E-state index in [1.165, 1.54) is 23.1 Å². The number of amides is 1. The lowest BCUT2D eigenvalue weighted by atomic mass is 10.0. The fourth-order valence-corrected chi connectivity index (χ4v) is 5.10. The van der Waals surface area contributed by atoms with Crippen LogP contribution in [-0.2, 0) is 24.2 Å². The first-order valence-corrected chi connectivity index (χ1v) is 9.68. The Morgan fingerprint density at radius 3 is 2.44 bits per heavy atom. The summed E-state index contributed by atoms with van der Waals surface area (Å²) in [7, 11) is -3.92. The zero-order chi connectivity index (χ0) is 18.8. The number of hydrogen-bond donors (Lipinski definition) is 0. The van der Waals surface area contributed by atoms with Crippen LogP contribution in [0.3, 0.4) is 0 Å². The summed E-state index contributed by atoms with van der Waals surface area (Å²) in [5.41, 5.74) is 0.919. The van der Waals surface area contributed by atoms with E-state index in [4.69, 9.17) is 4.74 Å². The van der Waals surface area contributed by atoms with Crippen molar-refractivity contribution < 1.29 is 22.7 Å². The van der Waals surface area contributed by atoms with E-state index in [0.29, 0.717) is 0 Å². The number of carbonyl (C=O) groups is 2. The highest BCUT2D eigenvalue weighted by Gasteiger charge is 2.55. The Kier molecular flexibility index (Phi) is 5.67. The number of carbonyl (C=O) groups excluding carboxylic acids is 2. The molecule has 1 heterocycles. The molecule has 1 amide bonds. The Bertz CT molecular complexity index is 769. The van der Waals surface area contributed by atoms with Crippen LogP contribution in [0.2, 0.25) is 0 Å². The first-order valence-electron chi connectivity index (χ1n) is 8.14. The number of likely N-dealkylation sites (tertiary alicyclic amines) is 1. The molecule has 25 heavy (non-hydrogen) atoms. The standard InChI is InChI=1S/C18H23NO5S/c1-5-11-19-15(18(21)24-6-2)13(4)16(17(19)20)25(22,23)14-9-7-12(3)8-10-14/h5,7-10,13,15-16H,1,6,11H2,2-4H3/t13-,15+,16+/m0/s1. The highest BCUT2D eigenvalue weighted by Crippen LogP contribution is 2.34. The van der Waals surface area contributed by atoms with E-state index in [9.17, 15) is 18.0 Å². The van der Waals surface area contributed by atoms with E-state index in [1.54, 1.807) is 26.0 Å². The van der Waals surface area contributed by atoms with Crippen LogP contribution in [0.1, 0.15) is 19.4 Å². The van der Waals surface area contributed by atoms with Crippen LogP contribution >= 0.6 is 0 Å². The van der Waals surface area contributed by atoms with Gasteiger partial charge in [0.25, 0.3) is 0 Å². The van der Waals surface area contributed by atoms with Gasteiger partial charge in [0.15, 0.2) is 9.84 Å². The lowest BCUT2D eigenvalue weighted by Crippen LogP contribution is -2.42. The van der Waals surface area contributed by atoms with Gasteiger partial charge in [0.2, 0.25) is 5.91 Å². The Balaban J connectivity index is 2.46. The molecule has 1 aliphatic rings. The fourth-order valence-electron chi connectivity index (χ4n) is 3.18. The van der Waals surface area contributed by atoms with Crippen molar-refractivity contribution in [2.24, 2.45) is 5.92 Å². The predicted octanol–water partition coefficient (Wildman–Crippen LogP) is 1.73. The maximum atomic E-state index is 13.0. The second-order valence-corrected chi connectivity index (χ2v) is 8.18. The Labute approximate surface area is 148 Å². The van der Waals surface area contributed by atoms with Crippen LogP contribution in [0.4, 0.5) is 0 Å². The number of nitrogens with zero attached hydrogens (tertiary/aromatic N) is 1. The maximum absolute atomic E-state index is 13.0. The zero-order valence-electron chi connectivity index (χ0n) is 14.6. The molecule has 1 fully saturated rings. The molecular formula is C18H23NO5S. The molecule has 136 valence electrons. The number of rotatable bonds is 6. The first-order chi connectivity index (χ1) is 11.8. The molecule has 0 saturated carbocycles. The van der Waals surface area contributed by atoms with Crippen LogP contribution in [0.5, 0.6) is 0 Å². The molecule has 1 aromatic rings. The summed E-state index contributed by atoms with van der Waals surface area (Å²) < 4.78 is 31.1. The predicted molar refractivity (Wildman–Crippen MR) is 93.6 cm³/mol. The van der Waals surface area contributed by atoms with Gasteiger partial charge in [0.05, 0.1) is 11.5 Å². The largest absolute Gasteiger partial charge is 0.464 e. The summed E-state index contributed by atoms with van der Waals surface area (Å²) in [6, 6.07) is 5.40. The topological polar surface area (TPSA) is 80.8 Å². The van der Waals surface area contributed by atoms with E-state index in [2.05, 4.69) is 6.58 Å². The Morgan fingerprint density at radius 2 is 1.92 bits per heavy atom. The molecule has 0 aromatic heterocycles. The van der Waals surface area contributed by atoms with Crippen molar-refractivity contribution in [3.05, 3.63) is 42.5 Å². The molecule has 1 aliphatic heterocycles. The maximum Gasteiger partial charge on any atom is 0.329 e. The number of aryl methyl sites for hydroxylation is 1. The molecule has 0 spiro atoms. The highest BCUT2D eigenvalue weighted by molar-refractivity contribution is 7.92. The van der Waals surface area contributed by atoms with Crippen LogP contribution in [0, 0.1) is 12.8 Å². The second kappa shape index (κ2) is 7.39. The molecule has 6 nitrogen and oxygen atoms in total. The van der Waals surface area contributed by atoms with Gasteiger partial charge in [0, 0.05) is 12.5 Å². The average Bonchev–Trinajstić information content (AvgIpc) is 2.79. The van der Waals surface area contributed by atoms with Crippen molar-refractivity contribution in [3.8, 4) is 0 Å². The first kappa shape index (κ1) is 19.2. The van der Waals surface area contributed by atoms with Gasteiger partial charge in [0.1, 0.15) is 11.3 Å². The number of hydrogen-bond acceptors (Lipinski definition) is 5. The average molecular weight is 365 g/mol. The summed E-state index contributed by atoms with van der Waals surface area (Å²) >= 11 is 0. The van der Waals surface area contributed by atoms with Gasteiger partial charge in [-0.15, -0.1) is 6.58 Å². The number of benzene rings is 1. The number of esters is 1. The molecule has 0 bridgehead atoms. The molecule has 0 N–H and O–H groups in total. The van der Waals surface area contributed by atoms with E-state index in [1.807, 2.05) is 6.92 Å². The lowest BCUT2D eigenvalue weighted by molar-refractivity contribution is -0.152. The lowest BCUT2D eigenvalue weighted by Gasteiger charge is -2.23. The zero-order valence-corrected chi connectivity index (χ0v) is 15.5. The molecule has 2 rings (SSSR count). The van der Waals surface area contributed by atoms with Crippen molar-refractivity contribution in [2.45, 2.75) is 37.0 Å². The van der Waals surface area contributed by atoms with Crippen LogP contribution < -0.4 is 0 Å². The third-order valence-corrected chi connectivity index (χ3v) is 6.60. The third-order valence-electron chi connectivity index (χ3n) is 4.38. The van der Waals surface area contributed by atoms with Crippen LogP contribution in [0.15, 0.2) is 41.8 Å². The normalized spacial score (nSPS) is 23.6. The molecule has 0 radical (unpaired) electrons. The van der Waals surface area contributed by atoms with E-state index in [-0.39, 0.29) is 18.0 Å². The SMILES string of the molecule is C=CCN1C(=O)[C@H](S(=O)(=O)c2ccc(C)cc2)[C@@H](C)[C@@H]1C(=O)OCC. The summed E-state index contributed by atoms with van der Waals surface area (Å²) in [6.45, 7) is 8.94. The molecule has 7 heteroatoms. The van der Waals surface area contributed by atoms with Crippen molar-refractivity contribution in [3.63, 3.8) is 0 Å². The highest BCUT2D eigenvalue weighted by atomic mass is 32.2. The summed E-state index contributed by atoms with van der Waals surface area (Å²) in [4.78, 5) is 26.4. The smallest absolute Gasteiger partial charge is 0.329 e. The van der Waals surface area contributed by atoms with Crippen LogP contribution in [-0.4, -0.2) is 49.6 Å². The minimum Gasteiger partial charge on any atom is -0.464 e. The van der Waals surface area contributed by atoms with Gasteiger partial charge in [-0.3, -0.25) is 4.79 Å². The minimum absolute atomic E-state index is 0.0753. The minimum atomic E-state index is -3.92. The number of sulfone groups is 1. The molecule has 1 aromatic carbocycles. The van der Waals surface area contributed by atoms with E-state index in [0.717, 1.165) is 5.56 Å². The summed E-state index contributed by atoms with van der Waals surface area (Å²) in [5.74, 6) is -1.91. The molecular weight excluding hydrogens is 342 g/mol. The van der Waals surface area contributed by atoms with E-state index < -0.39 is 38.9 Å². The number of ether oxygens (including phenoxy) is 1. The monoisotopic (exact) mass is 365 g/mol. The molecule has 0 aliphatic carbocycles. The molecule has 1 saturated heterocycles. The van der Waals surface area contributed by atoms with Crippen molar-refractivity contribution in [2.75, 3.05) is 13.2 Å². The van der Waals surface area contributed by atoms with E-state index >= 15 is 0 Å². The second-order valence-electron chi connectivity index (χ2n) is 6.11. The Hall–Kier alpha value is -2.15. The summed E-state index contributed by atoms with van der Waals surface area (Å²) in [6.07, 6.45) is 1.47. The van der Waals surface area contributed by atoms with Gasteiger partial charge in [-0.25, -0.2) is 13.2 Å². The van der Waals surface area contributed by atoms with Crippen molar-refractivity contribution in [1.82, 2.24) is 4.90 Å². The Morgan fingerprint density at radius 1 is 1.32 bits per heavy atom. The van der Waals surface area contributed by atoms with Gasteiger partial charge < -0.3 is 9.64 Å². The van der Waals surface area contributed by atoms with Gasteiger partial charge in [-0.2, -0.15) is 0 Å². The van der Waals surface area contributed by atoms with Crippen LogP contribution in [0.25, 0.3) is 0 Å². The fraction of sp³-hybridized carbons (Fsp3) is 0.444. The molecule has 0 unspecified atom stereocenters. The third kappa shape index (κ3) is 3.46. The van der Waals surface area contributed by atoms with Gasteiger partial charge >= 0.3 is 5.97 Å². The van der Waals surface area contributed by atoms with Gasteiger partial charge in [-0.05, 0) is 26.0 Å². The quantitative estimate of drug-likeness (QED) is 0.566. The van der Waals surface area contributed by atoms with Gasteiger partial charge in [-0.1, -0.05) is 30.7 Å². The summed E-state index contributed by atoms with van der Waals surface area (Å²) in [5, 5.41) is -1.32. The van der Waals surface area contributed by atoms with Crippen molar-refractivity contribution in [1.29, 1.82) is 0 Å². The molecule has 3 atom stereocenters. The van der Waals surface area contributed by atoms with Crippen molar-refractivity contribution >= 4 is 21.7 Å².